The fraction of sp³-hybridized carbons (Fsp3) is 0.333. The molecule has 0 amide bonds. The van der Waals surface area contributed by atoms with Gasteiger partial charge in [0, 0.05) is 28.4 Å². The molecule has 2 atom stereocenters. The highest BCUT2D eigenvalue weighted by molar-refractivity contribution is 6.07. The Hall–Kier alpha value is -2.28. The van der Waals surface area contributed by atoms with Crippen molar-refractivity contribution in [3.8, 4) is 0 Å². The van der Waals surface area contributed by atoms with Gasteiger partial charge >= 0.3 is 0 Å². The van der Waals surface area contributed by atoms with E-state index in [1.54, 1.807) is 0 Å². The second kappa shape index (κ2) is 8.20. The van der Waals surface area contributed by atoms with E-state index in [9.17, 15) is 0 Å². The number of aromatic nitrogens is 1. The highest BCUT2D eigenvalue weighted by atomic mass is 15.0. The van der Waals surface area contributed by atoms with Gasteiger partial charge in [-0.25, -0.2) is 0 Å². The van der Waals surface area contributed by atoms with Gasteiger partial charge in [0.1, 0.15) is 0 Å². The van der Waals surface area contributed by atoms with Crippen LogP contribution in [0.3, 0.4) is 0 Å². The summed E-state index contributed by atoms with van der Waals surface area (Å²) in [4.78, 5) is 0. The number of fused-ring (bicyclic) bond motifs is 3. The summed E-state index contributed by atoms with van der Waals surface area (Å²) in [5.41, 5.74) is 2.67. The molecular weight excluding hydrogens is 302 g/mol. The van der Waals surface area contributed by atoms with Crippen LogP contribution in [0.5, 0.6) is 0 Å². The number of para-hydroxylation sites is 2. The SMILES string of the molecule is C=CC(CC)CCC(C=C)CCn1c2ccccc2c2ccccc21. The second-order valence-electron chi connectivity index (χ2n) is 6.95. The van der Waals surface area contributed by atoms with Gasteiger partial charge in [-0.2, -0.15) is 0 Å². The molecule has 0 N–H and O–H groups in total. The summed E-state index contributed by atoms with van der Waals surface area (Å²) in [6.07, 6.45) is 8.98. The van der Waals surface area contributed by atoms with Gasteiger partial charge in [-0.1, -0.05) is 55.5 Å². The fourth-order valence-electron chi connectivity index (χ4n) is 3.84. The average molecular weight is 332 g/mol. The van der Waals surface area contributed by atoms with Gasteiger partial charge in [-0.3, -0.25) is 0 Å². The average Bonchev–Trinajstić information content (AvgIpc) is 2.99. The number of allylic oxidation sites excluding steroid dienone is 2. The van der Waals surface area contributed by atoms with Crippen molar-refractivity contribution in [1.29, 1.82) is 0 Å². The maximum Gasteiger partial charge on any atom is 0.0491 e. The number of hydrogen-bond acceptors (Lipinski definition) is 0. The number of hydrogen-bond donors (Lipinski definition) is 0. The first-order valence-electron chi connectivity index (χ1n) is 9.49. The highest BCUT2D eigenvalue weighted by Crippen LogP contribution is 2.30. The third-order valence-corrected chi connectivity index (χ3v) is 5.50. The van der Waals surface area contributed by atoms with Crippen molar-refractivity contribution in [3.63, 3.8) is 0 Å². The molecule has 2 aromatic carbocycles. The van der Waals surface area contributed by atoms with Crippen LogP contribution in [0.25, 0.3) is 21.8 Å². The number of benzene rings is 2. The minimum atomic E-state index is 0.564. The third-order valence-electron chi connectivity index (χ3n) is 5.50. The predicted molar refractivity (Wildman–Crippen MR) is 111 cm³/mol. The standard InChI is InChI=1S/C24H29N/c1-4-19(5-2)15-16-20(6-3)17-18-25-23-13-9-7-11-21(23)22-12-8-10-14-24(22)25/h4,6-14,19-20H,1,3,5,15-18H2,2H3. The van der Waals surface area contributed by atoms with Crippen molar-refractivity contribution in [1.82, 2.24) is 4.57 Å². The molecule has 0 spiro atoms. The molecule has 3 rings (SSSR count). The van der Waals surface area contributed by atoms with Crippen LogP contribution < -0.4 is 0 Å². The topological polar surface area (TPSA) is 4.93 Å². The zero-order valence-corrected chi connectivity index (χ0v) is 15.3. The summed E-state index contributed by atoms with van der Waals surface area (Å²) in [7, 11) is 0. The molecule has 25 heavy (non-hydrogen) atoms. The second-order valence-corrected chi connectivity index (χ2v) is 6.95. The molecule has 0 bridgehead atoms. The molecule has 1 nitrogen and oxygen atoms in total. The summed E-state index contributed by atoms with van der Waals surface area (Å²) in [6.45, 7) is 11.3. The van der Waals surface area contributed by atoms with Crippen LogP contribution in [0.1, 0.15) is 32.6 Å². The van der Waals surface area contributed by atoms with E-state index in [1.165, 1.54) is 41.1 Å². The Morgan fingerprint density at radius 1 is 0.800 bits per heavy atom. The van der Waals surface area contributed by atoms with Crippen LogP contribution in [0, 0.1) is 11.8 Å². The zero-order valence-electron chi connectivity index (χ0n) is 15.3. The largest absolute Gasteiger partial charge is 0.340 e. The lowest BCUT2D eigenvalue weighted by atomic mass is 9.92. The van der Waals surface area contributed by atoms with E-state index in [2.05, 4.69) is 85.3 Å². The number of nitrogens with zero attached hydrogens (tertiary/aromatic N) is 1. The first kappa shape index (κ1) is 17.5. The normalized spacial score (nSPS) is 13.8. The predicted octanol–water partition coefficient (Wildman–Crippen LogP) is 6.98. The highest BCUT2D eigenvalue weighted by Gasteiger charge is 2.12. The quantitative estimate of drug-likeness (QED) is 0.373. The van der Waals surface area contributed by atoms with E-state index in [4.69, 9.17) is 0 Å². The van der Waals surface area contributed by atoms with Crippen LogP contribution in [-0.4, -0.2) is 4.57 Å². The maximum absolute atomic E-state index is 4.08. The van der Waals surface area contributed by atoms with E-state index in [1.807, 2.05) is 0 Å². The molecule has 0 aliphatic carbocycles. The fourth-order valence-corrected chi connectivity index (χ4v) is 3.84. The van der Waals surface area contributed by atoms with Gasteiger partial charge in [0.15, 0.2) is 0 Å². The van der Waals surface area contributed by atoms with Crippen molar-refractivity contribution < 1.29 is 0 Å². The van der Waals surface area contributed by atoms with Gasteiger partial charge in [-0.15, -0.1) is 13.2 Å². The lowest BCUT2D eigenvalue weighted by Gasteiger charge is -2.17. The molecule has 0 aliphatic rings. The molecule has 2 unspecified atom stereocenters. The Bertz CT molecular complexity index is 802. The van der Waals surface area contributed by atoms with Gasteiger partial charge < -0.3 is 4.57 Å². The Morgan fingerprint density at radius 3 is 1.84 bits per heavy atom. The summed E-state index contributed by atoms with van der Waals surface area (Å²) in [5.74, 6) is 1.20. The van der Waals surface area contributed by atoms with Crippen LogP contribution in [0.4, 0.5) is 0 Å². The molecule has 0 aliphatic heterocycles. The Morgan fingerprint density at radius 2 is 1.32 bits per heavy atom. The van der Waals surface area contributed by atoms with Crippen molar-refractivity contribution in [2.24, 2.45) is 11.8 Å². The zero-order chi connectivity index (χ0) is 17.6. The van der Waals surface area contributed by atoms with Crippen LogP contribution in [0.15, 0.2) is 73.8 Å². The van der Waals surface area contributed by atoms with Crippen molar-refractivity contribution in [2.45, 2.75) is 39.2 Å². The minimum Gasteiger partial charge on any atom is -0.340 e. The molecule has 1 heterocycles. The van der Waals surface area contributed by atoms with E-state index in [-0.39, 0.29) is 0 Å². The molecule has 3 aromatic rings. The van der Waals surface area contributed by atoms with Gasteiger partial charge in [0.25, 0.3) is 0 Å². The number of rotatable bonds is 9. The van der Waals surface area contributed by atoms with Crippen molar-refractivity contribution >= 4 is 21.8 Å². The van der Waals surface area contributed by atoms with E-state index >= 15 is 0 Å². The lowest BCUT2D eigenvalue weighted by Crippen LogP contribution is -2.06. The number of aryl methyl sites for hydroxylation is 1. The first-order chi connectivity index (χ1) is 12.3. The molecule has 0 saturated heterocycles. The molecule has 1 aromatic heterocycles. The third kappa shape index (κ3) is 3.71. The van der Waals surface area contributed by atoms with E-state index in [0.717, 1.165) is 13.0 Å². The lowest BCUT2D eigenvalue weighted by molar-refractivity contribution is 0.442. The van der Waals surface area contributed by atoms with E-state index in [0.29, 0.717) is 11.8 Å². The van der Waals surface area contributed by atoms with Gasteiger partial charge in [0.05, 0.1) is 0 Å². The van der Waals surface area contributed by atoms with E-state index < -0.39 is 0 Å². The maximum atomic E-state index is 4.08. The molecule has 1 heteroatoms. The Labute approximate surface area is 151 Å². The molecule has 0 radical (unpaired) electrons. The molecular formula is C24H29N. The monoisotopic (exact) mass is 331 g/mol. The first-order valence-corrected chi connectivity index (χ1v) is 9.49. The Balaban J connectivity index is 1.79. The Kier molecular flexibility index (Phi) is 5.75. The van der Waals surface area contributed by atoms with Crippen molar-refractivity contribution in [3.05, 3.63) is 73.8 Å². The summed E-state index contributed by atoms with van der Waals surface area (Å²) in [5, 5.41) is 2.71. The molecule has 130 valence electrons. The van der Waals surface area contributed by atoms with Gasteiger partial charge in [0.2, 0.25) is 0 Å². The minimum absolute atomic E-state index is 0.564. The summed E-state index contributed by atoms with van der Waals surface area (Å²) in [6, 6.07) is 17.5. The van der Waals surface area contributed by atoms with Crippen LogP contribution >= 0.6 is 0 Å². The summed E-state index contributed by atoms with van der Waals surface area (Å²) >= 11 is 0. The van der Waals surface area contributed by atoms with Crippen molar-refractivity contribution in [2.75, 3.05) is 0 Å². The summed E-state index contributed by atoms with van der Waals surface area (Å²) < 4.78 is 2.48. The molecule has 0 fully saturated rings. The van der Waals surface area contributed by atoms with Gasteiger partial charge in [-0.05, 0) is 49.7 Å². The molecule has 0 saturated carbocycles. The van der Waals surface area contributed by atoms with Crippen LogP contribution in [0.2, 0.25) is 0 Å². The smallest absolute Gasteiger partial charge is 0.0491 e. The van der Waals surface area contributed by atoms with Crippen LogP contribution in [-0.2, 0) is 6.54 Å².